The van der Waals surface area contributed by atoms with Crippen LogP contribution in [0.4, 0.5) is 0 Å². The summed E-state index contributed by atoms with van der Waals surface area (Å²) in [6.07, 6.45) is 0. The van der Waals surface area contributed by atoms with E-state index in [-0.39, 0.29) is 16.6 Å². The second-order valence-electron chi connectivity index (χ2n) is 8.18. The van der Waals surface area contributed by atoms with Crippen molar-refractivity contribution in [1.82, 2.24) is 5.16 Å². The van der Waals surface area contributed by atoms with Crippen molar-refractivity contribution in [3.8, 4) is 17.0 Å². The Morgan fingerprint density at radius 2 is 1.88 bits per heavy atom. The zero-order chi connectivity index (χ0) is 17.7. The molecule has 0 atom stereocenters. The molecule has 1 aromatic carbocycles. The highest BCUT2D eigenvalue weighted by molar-refractivity contribution is 5.74. The lowest BCUT2D eigenvalue weighted by Gasteiger charge is -2.30. The molecule has 0 radical (unpaired) electrons. The van der Waals surface area contributed by atoms with Crippen molar-refractivity contribution in [3.05, 3.63) is 41.2 Å². The molecule has 2 heterocycles. The van der Waals surface area contributed by atoms with Crippen LogP contribution >= 0.6 is 0 Å². The summed E-state index contributed by atoms with van der Waals surface area (Å²) < 4.78 is 11.1. The van der Waals surface area contributed by atoms with E-state index in [2.05, 4.69) is 39.8 Å². The fourth-order valence-electron chi connectivity index (χ4n) is 3.67. The van der Waals surface area contributed by atoms with Crippen molar-refractivity contribution in [2.45, 2.75) is 41.5 Å². The second kappa shape index (κ2) is 5.40. The molecule has 0 aliphatic carbocycles. The van der Waals surface area contributed by atoms with Crippen molar-refractivity contribution in [2.24, 2.45) is 10.8 Å². The molecule has 0 spiro atoms. The largest absolute Gasteiger partial charge is 0.507 e. The monoisotopic (exact) mass is 327 g/mol. The van der Waals surface area contributed by atoms with Gasteiger partial charge in [0.15, 0.2) is 0 Å². The van der Waals surface area contributed by atoms with Crippen LogP contribution in [0, 0.1) is 17.8 Å². The maximum absolute atomic E-state index is 10.5. The molecule has 1 aromatic heterocycles. The number of aromatic hydroxyl groups is 1. The van der Waals surface area contributed by atoms with Crippen LogP contribution in [-0.2, 0) is 4.74 Å². The molecule has 0 unspecified atom stereocenters. The normalized spacial score (nSPS) is 17.2. The van der Waals surface area contributed by atoms with Gasteiger partial charge >= 0.3 is 0 Å². The quantitative estimate of drug-likeness (QED) is 0.827. The number of nitrogens with zero attached hydrogens (tertiary/aromatic N) is 1. The lowest BCUT2D eigenvalue weighted by Crippen LogP contribution is -2.24. The van der Waals surface area contributed by atoms with Gasteiger partial charge in [0.1, 0.15) is 23.0 Å². The Morgan fingerprint density at radius 3 is 2.42 bits per heavy atom. The van der Waals surface area contributed by atoms with Crippen LogP contribution in [-0.4, -0.2) is 16.9 Å². The Hall–Kier alpha value is -2.23. The summed E-state index contributed by atoms with van der Waals surface area (Å²) >= 11 is 0. The summed E-state index contributed by atoms with van der Waals surface area (Å²) in [6.45, 7) is 13.5. The SMILES string of the molecule is Cc1cc(-c2ccc(C3=C(C(C)(C)C)C(C)(C)CO3)cc2O)no1. The van der Waals surface area contributed by atoms with Gasteiger partial charge in [-0.1, -0.05) is 45.8 Å². The Labute approximate surface area is 143 Å². The summed E-state index contributed by atoms with van der Waals surface area (Å²) in [7, 11) is 0. The van der Waals surface area contributed by atoms with E-state index in [9.17, 15) is 5.11 Å². The van der Waals surface area contributed by atoms with Crippen molar-refractivity contribution >= 4 is 5.76 Å². The molecule has 2 aromatic rings. The van der Waals surface area contributed by atoms with Gasteiger partial charge in [-0.3, -0.25) is 0 Å². The number of hydrogen-bond donors (Lipinski definition) is 1. The Bertz CT molecular complexity index is 807. The Balaban J connectivity index is 2.09. The van der Waals surface area contributed by atoms with E-state index < -0.39 is 0 Å². The maximum Gasteiger partial charge on any atom is 0.134 e. The smallest absolute Gasteiger partial charge is 0.134 e. The first-order chi connectivity index (χ1) is 11.1. The molecule has 24 heavy (non-hydrogen) atoms. The fraction of sp³-hybridized carbons (Fsp3) is 0.450. The average molecular weight is 327 g/mol. The predicted molar refractivity (Wildman–Crippen MR) is 94.4 cm³/mol. The van der Waals surface area contributed by atoms with E-state index in [1.54, 1.807) is 6.07 Å². The van der Waals surface area contributed by atoms with Crippen LogP contribution in [0.3, 0.4) is 0 Å². The molecular formula is C20H25NO3. The van der Waals surface area contributed by atoms with E-state index in [0.29, 0.717) is 23.6 Å². The topological polar surface area (TPSA) is 55.5 Å². The number of phenols is 1. The van der Waals surface area contributed by atoms with Crippen LogP contribution in [0.1, 0.15) is 45.9 Å². The van der Waals surface area contributed by atoms with Crippen LogP contribution < -0.4 is 0 Å². The van der Waals surface area contributed by atoms with E-state index in [1.807, 2.05) is 25.1 Å². The van der Waals surface area contributed by atoms with Gasteiger partial charge < -0.3 is 14.4 Å². The molecule has 0 bridgehead atoms. The number of aryl methyl sites for hydroxylation is 1. The molecule has 0 saturated carbocycles. The first-order valence-corrected chi connectivity index (χ1v) is 8.25. The first kappa shape index (κ1) is 16.6. The standard InChI is InChI=1S/C20H25NO3/c1-12-9-15(21-24-12)14-8-7-13(10-16(14)22)17-18(19(2,3)4)20(5,6)11-23-17/h7-10,22H,11H2,1-6H3. The average Bonchev–Trinajstić information content (AvgIpc) is 3.01. The molecule has 4 nitrogen and oxygen atoms in total. The Morgan fingerprint density at radius 1 is 1.17 bits per heavy atom. The highest BCUT2D eigenvalue weighted by Crippen LogP contribution is 2.50. The summed E-state index contributed by atoms with van der Waals surface area (Å²) in [5, 5.41) is 14.4. The van der Waals surface area contributed by atoms with Crippen molar-refractivity contribution in [2.75, 3.05) is 6.61 Å². The number of ether oxygens (including phenoxy) is 1. The van der Waals surface area contributed by atoms with Crippen LogP contribution in [0.2, 0.25) is 0 Å². The molecule has 1 N–H and O–H groups in total. The van der Waals surface area contributed by atoms with Gasteiger partial charge in [0.2, 0.25) is 0 Å². The van der Waals surface area contributed by atoms with Gasteiger partial charge in [-0.2, -0.15) is 0 Å². The lowest BCUT2D eigenvalue weighted by molar-refractivity contribution is 0.213. The van der Waals surface area contributed by atoms with Crippen molar-refractivity contribution in [3.63, 3.8) is 0 Å². The van der Waals surface area contributed by atoms with Gasteiger partial charge in [0.05, 0.1) is 6.61 Å². The van der Waals surface area contributed by atoms with E-state index >= 15 is 0 Å². The minimum Gasteiger partial charge on any atom is -0.507 e. The Kier molecular flexibility index (Phi) is 3.74. The molecule has 1 aliphatic rings. The molecule has 0 fully saturated rings. The third-order valence-corrected chi connectivity index (χ3v) is 4.40. The molecule has 0 amide bonds. The van der Waals surface area contributed by atoms with Crippen LogP contribution in [0.15, 0.2) is 34.4 Å². The summed E-state index contributed by atoms with van der Waals surface area (Å²) in [5.41, 5.74) is 3.43. The predicted octanol–water partition coefficient (Wildman–Crippen LogP) is 5.17. The van der Waals surface area contributed by atoms with E-state index in [0.717, 1.165) is 11.3 Å². The van der Waals surface area contributed by atoms with Gasteiger partial charge in [-0.05, 0) is 30.0 Å². The van der Waals surface area contributed by atoms with Crippen LogP contribution in [0.25, 0.3) is 17.0 Å². The summed E-state index contributed by atoms with van der Waals surface area (Å²) in [6, 6.07) is 7.40. The molecule has 3 rings (SSSR count). The molecule has 4 heteroatoms. The molecule has 128 valence electrons. The second-order valence-corrected chi connectivity index (χ2v) is 8.18. The number of benzene rings is 1. The zero-order valence-corrected chi connectivity index (χ0v) is 15.2. The number of rotatable bonds is 2. The van der Waals surface area contributed by atoms with Gasteiger partial charge in [-0.15, -0.1) is 0 Å². The lowest BCUT2D eigenvalue weighted by atomic mass is 9.71. The number of aromatic nitrogens is 1. The van der Waals surface area contributed by atoms with Gasteiger partial charge in [0.25, 0.3) is 0 Å². The summed E-state index contributed by atoms with van der Waals surface area (Å²) in [4.78, 5) is 0. The minimum absolute atomic E-state index is 0.00709. The first-order valence-electron chi connectivity index (χ1n) is 8.25. The maximum atomic E-state index is 10.5. The molecule has 1 aliphatic heterocycles. The number of phenolic OH excluding ortho intramolecular Hbond substituents is 1. The highest BCUT2D eigenvalue weighted by Gasteiger charge is 2.41. The third-order valence-electron chi connectivity index (χ3n) is 4.40. The zero-order valence-electron chi connectivity index (χ0n) is 15.2. The van der Waals surface area contributed by atoms with E-state index in [1.165, 1.54) is 5.57 Å². The van der Waals surface area contributed by atoms with Crippen LogP contribution in [0.5, 0.6) is 5.75 Å². The van der Waals surface area contributed by atoms with Crippen molar-refractivity contribution < 1.29 is 14.4 Å². The van der Waals surface area contributed by atoms with Gasteiger partial charge in [0, 0.05) is 22.6 Å². The fourth-order valence-corrected chi connectivity index (χ4v) is 3.67. The minimum atomic E-state index is -0.0227. The highest BCUT2D eigenvalue weighted by atomic mass is 16.5. The summed E-state index contributed by atoms with van der Waals surface area (Å²) in [5.74, 6) is 1.77. The molecular weight excluding hydrogens is 302 g/mol. The third kappa shape index (κ3) is 2.81. The van der Waals surface area contributed by atoms with E-state index in [4.69, 9.17) is 9.26 Å². The van der Waals surface area contributed by atoms with Crippen molar-refractivity contribution in [1.29, 1.82) is 0 Å². The van der Waals surface area contributed by atoms with Gasteiger partial charge in [-0.25, -0.2) is 0 Å². The molecule has 0 saturated heterocycles. The number of hydrogen-bond acceptors (Lipinski definition) is 4.